The van der Waals surface area contributed by atoms with Gasteiger partial charge in [-0.1, -0.05) is 271 Å². The van der Waals surface area contributed by atoms with Gasteiger partial charge in [-0.25, -0.2) is 24.2 Å². The number of carbonyl (C=O) groups is 1. The van der Waals surface area contributed by atoms with E-state index in [0.717, 1.165) is 177 Å². The van der Waals surface area contributed by atoms with Crippen molar-refractivity contribution in [1.82, 2.24) is 19.9 Å². The van der Waals surface area contributed by atoms with Gasteiger partial charge in [0, 0.05) is 118 Å². The Bertz CT molecular complexity index is 6170. The van der Waals surface area contributed by atoms with Crippen LogP contribution in [0.25, 0.3) is 114 Å². The van der Waals surface area contributed by atoms with Crippen LogP contribution in [-0.2, 0) is 66.6 Å². The molecule has 1 saturated carbocycles. The third kappa shape index (κ3) is 24.6. The number of aryl methyl sites for hydroxylation is 1. The number of nitrogens with zero attached hydrogens (tertiary/aromatic N) is 4. The van der Waals surface area contributed by atoms with E-state index in [1.807, 2.05) is 128 Å². The number of rotatable bonds is 19. The first-order valence-electron chi connectivity index (χ1n) is 47.6. The summed E-state index contributed by atoms with van der Waals surface area (Å²) in [5, 5.41) is 24.8. The third-order valence-electron chi connectivity index (χ3n) is 24.5. The number of allylic oxidation sites excluding steroid dienone is 4. The van der Waals surface area contributed by atoms with Crippen LogP contribution in [0.2, 0.25) is 0 Å². The van der Waals surface area contributed by atoms with Crippen molar-refractivity contribution in [2.75, 3.05) is 26.4 Å². The number of benzene rings is 8. The number of aliphatic hydroxyl groups is 2. The van der Waals surface area contributed by atoms with Gasteiger partial charge in [-0.3, -0.25) is 24.7 Å². The number of halogens is 4. The van der Waals surface area contributed by atoms with Gasteiger partial charge in [0.2, 0.25) is 0 Å². The maximum atomic E-state index is 14.1. The molecule has 3 N–H and O–H groups in total. The molecular formula is C119H131F4N4O8Y-. The number of ether oxygens (including phenoxy) is 4. The number of carboxylic acids is 1. The predicted molar refractivity (Wildman–Crippen MR) is 544 cm³/mol. The topological polar surface area (TPSA) is 166 Å². The Hall–Kier alpha value is -11.3. The molecule has 1 unspecified atom stereocenters. The number of aromatic nitrogens is 4. The Balaban J connectivity index is 0.000000158. The molecule has 4 aliphatic heterocycles. The first-order chi connectivity index (χ1) is 64.3. The Morgan fingerprint density at radius 1 is 0.456 bits per heavy atom. The molecule has 0 spiro atoms. The van der Waals surface area contributed by atoms with Crippen LogP contribution in [-0.4, -0.2) is 73.8 Å². The standard InChI is InChI=1S/C29H30FNO.C29H32FNO.2C28H30FNO.C5H9O4.Y/c1-18(2)9-16-23-25(19-12-14-21(30)15-13-19)26-28(31-27(23)20-10-11-20)22-7-5-6-8-24(22)32-17-29(26,3)4;1-18(2)11-16-23-25(20-12-14-21(30)15-13-20)26-28(31-27(23)19(3)4)22-9-7-8-10-24(22)32-17-29(26,5)6;1-18(2)10-15-23-25(19-11-13-20(29)14-12-19)22-16-17-31-24-9-7-6-8-21(24)26(22)30-27(23)28(3,4)5;1-17(2)10-12-22-26(20-11-13-24(29)19(5)16-20)23-14-15-31-25-9-7-6-8-21(25)28(23)30-27(22)18(3)4;6-2-1-4(7)3-5(8)9;/h5-9,12-16,18,20H,10-11,17H2,1-4H3;7-16,18-19H,17H2,1-6H3;6-15,18H,16-17H2,1-5H3;6-13,16-18H,14-15H2,1-5H3;2,4,6-7H,1,3H2,(H,8,9);/q;;;;-1;/b16-9+;16-11+;15-10+;12-10+;;. The summed E-state index contributed by atoms with van der Waals surface area (Å²) in [5.74, 6) is 4.17. The molecule has 8 heterocycles. The third-order valence-corrected chi connectivity index (χ3v) is 24.5. The average molecular weight is 1910 g/mol. The van der Waals surface area contributed by atoms with Crippen molar-refractivity contribution in [1.29, 1.82) is 0 Å². The SMILES string of the molecule is CC(C)/C=C/c1c(C(C)(C)C)nc2c(c1-c1ccc(F)cc1)CCOc1ccccc1-2.CC(C)/C=C/c1c(C(C)C)nc2c(c1-c1ccc(F)cc1)C(C)(C)COc1ccccc1-2.CC(C)/C=C/c1c(C2CC2)nc2c(c1-c1ccc(F)cc1)C(C)(C)COc1ccccc1-2.Cc1cc(-c2c(/C=C/C(C)C)c(C(C)C)nc3c2CCOc2ccccc2-3)ccc1F.O=C(O)CC(O)C[CH-]O.[Y]. The van der Waals surface area contributed by atoms with Crippen LogP contribution >= 0.6 is 0 Å². The zero-order chi connectivity index (χ0) is 97.1. The van der Waals surface area contributed by atoms with Gasteiger partial charge < -0.3 is 34.3 Å². The van der Waals surface area contributed by atoms with Crippen LogP contribution in [0.3, 0.4) is 0 Å². The van der Waals surface area contributed by atoms with Crippen LogP contribution in [0.4, 0.5) is 17.6 Å². The molecule has 12 nitrogen and oxygen atoms in total. The van der Waals surface area contributed by atoms with E-state index in [2.05, 4.69) is 204 Å². The first-order valence-corrected chi connectivity index (χ1v) is 47.6. The van der Waals surface area contributed by atoms with Crippen molar-refractivity contribution in [2.45, 2.75) is 217 Å². The molecule has 0 amide bonds. The summed E-state index contributed by atoms with van der Waals surface area (Å²) in [4.78, 5) is 30.9. The molecule has 4 aromatic heterocycles. The van der Waals surface area contributed by atoms with Crippen molar-refractivity contribution >= 4 is 30.3 Å². The minimum Gasteiger partial charge on any atom is -0.566 e. The van der Waals surface area contributed by atoms with E-state index in [1.165, 1.54) is 47.2 Å². The molecule has 17 heteroatoms. The molecule has 1 radical (unpaired) electrons. The molecule has 8 aromatic carbocycles. The zero-order valence-electron chi connectivity index (χ0n) is 82.5. The predicted octanol–water partition coefficient (Wildman–Crippen LogP) is 30.6. The van der Waals surface area contributed by atoms with E-state index >= 15 is 0 Å². The summed E-state index contributed by atoms with van der Waals surface area (Å²) in [5.41, 5.74) is 30.1. The number of hydrogen-bond donors (Lipinski definition) is 3. The van der Waals surface area contributed by atoms with E-state index in [1.54, 1.807) is 30.3 Å². The van der Waals surface area contributed by atoms with E-state index in [4.69, 9.17) is 54.2 Å². The van der Waals surface area contributed by atoms with Crippen molar-refractivity contribution in [3.05, 3.63) is 315 Å². The van der Waals surface area contributed by atoms with Gasteiger partial charge >= 0.3 is 5.97 Å². The first kappa shape index (κ1) is 104. The fourth-order valence-electron chi connectivity index (χ4n) is 17.8. The molecule has 12 aromatic rings. The van der Waals surface area contributed by atoms with Crippen LogP contribution < -0.4 is 18.9 Å². The minimum atomic E-state index is -1.07. The molecule has 0 saturated heterocycles. The van der Waals surface area contributed by atoms with Gasteiger partial charge in [-0.15, -0.1) is 6.42 Å². The molecule has 1 aliphatic carbocycles. The van der Waals surface area contributed by atoms with Crippen molar-refractivity contribution < 1.29 is 89.3 Å². The van der Waals surface area contributed by atoms with E-state index in [9.17, 15) is 22.4 Å². The smallest absolute Gasteiger partial charge is 0.305 e. The molecule has 17 rings (SSSR count). The zero-order valence-corrected chi connectivity index (χ0v) is 85.4. The average Bonchev–Trinajstić information content (AvgIpc) is 1.47. The fraction of sp³-hybridized carbons (Fsp3) is 0.345. The summed E-state index contributed by atoms with van der Waals surface area (Å²) in [7, 11) is 0. The monoisotopic (exact) mass is 1910 g/mol. The van der Waals surface area contributed by atoms with Crippen molar-refractivity contribution in [2.24, 2.45) is 23.7 Å². The van der Waals surface area contributed by atoms with E-state index < -0.39 is 12.1 Å². The number of carboxylic acid groups (broad SMARTS) is 1. The summed E-state index contributed by atoms with van der Waals surface area (Å²) in [6.07, 6.45) is 20.3. The van der Waals surface area contributed by atoms with Gasteiger partial charge in [-0.05, 0) is 225 Å². The fourth-order valence-corrected chi connectivity index (χ4v) is 17.8. The van der Waals surface area contributed by atoms with Gasteiger partial charge in [0.05, 0.1) is 78.4 Å². The van der Waals surface area contributed by atoms with Gasteiger partial charge in [0.25, 0.3) is 0 Å². The largest absolute Gasteiger partial charge is 0.566 e. The second-order valence-corrected chi connectivity index (χ2v) is 40.1. The summed E-state index contributed by atoms with van der Waals surface area (Å²) < 4.78 is 80.4. The molecular weight excluding hydrogens is 1780 g/mol. The Morgan fingerprint density at radius 3 is 1.19 bits per heavy atom. The van der Waals surface area contributed by atoms with Gasteiger partial charge in [-0.2, -0.15) is 0 Å². The number of aliphatic carboxylic acids is 1. The van der Waals surface area contributed by atoms with Crippen molar-refractivity contribution in [3.8, 4) is 113 Å². The van der Waals surface area contributed by atoms with Gasteiger partial charge in [0.15, 0.2) is 0 Å². The summed E-state index contributed by atoms with van der Waals surface area (Å²) >= 11 is 0. The molecule has 1 atom stereocenters. The van der Waals surface area contributed by atoms with Crippen LogP contribution in [0.15, 0.2) is 212 Å². The van der Waals surface area contributed by atoms with Crippen LogP contribution in [0.1, 0.15) is 248 Å². The number of para-hydroxylation sites is 4. The van der Waals surface area contributed by atoms with Crippen LogP contribution in [0, 0.1) is 60.5 Å². The number of pyridine rings is 4. The van der Waals surface area contributed by atoms with Gasteiger partial charge in [0.1, 0.15) is 46.3 Å². The Kier molecular flexibility index (Phi) is 34.6. The molecule has 5 aliphatic rings. The number of fused-ring (bicyclic) bond motifs is 12. The summed E-state index contributed by atoms with van der Waals surface area (Å²) in [6, 6.07) is 58.6. The number of hydrogen-bond acceptors (Lipinski definition) is 11. The molecule has 136 heavy (non-hydrogen) atoms. The second kappa shape index (κ2) is 45.3. The number of aliphatic hydroxyl groups excluding tert-OH is 2. The molecule has 0 bridgehead atoms. The Morgan fingerprint density at radius 2 is 0.801 bits per heavy atom. The molecule has 707 valence electrons. The van der Waals surface area contributed by atoms with Crippen molar-refractivity contribution in [3.63, 3.8) is 0 Å². The van der Waals surface area contributed by atoms with E-state index in [0.29, 0.717) is 61.6 Å². The van der Waals surface area contributed by atoms with E-state index in [-0.39, 0.29) is 96.9 Å². The Labute approximate surface area is 828 Å². The normalized spacial score (nSPS) is 14.5. The van der Waals surface area contributed by atoms with Crippen LogP contribution in [0.5, 0.6) is 23.0 Å². The maximum Gasteiger partial charge on any atom is 0.305 e. The quantitative estimate of drug-likeness (QED) is 0.0519. The second-order valence-electron chi connectivity index (χ2n) is 40.1. The maximum absolute atomic E-state index is 14.1. The minimum absolute atomic E-state index is 0. The molecule has 1 fully saturated rings. The summed E-state index contributed by atoms with van der Waals surface area (Å²) in [6.45, 7) is 46.4.